The number of nitriles is 1. The van der Waals surface area contributed by atoms with E-state index in [9.17, 15) is 4.79 Å². The van der Waals surface area contributed by atoms with E-state index in [2.05, 4.69) is 10.3 Å². The Morgan fingerprint density at radius 3 is 3.00 bits per heavy atom. The number of carbonyl (C=O) groups is 1. The van der Waals surface area contributed by atoms with Crippen LogP contribution in [0.15, 0.2) is 53.3 Å². The number of hydrogen-bond donors (Lipinski definition) is 1. The van der Waals surface area contributed by atoms with Crippen LogP contribution in [0, 0.1) is 11.3 Å². The van der Waals surface area contributed by atoms with Crippen molar-refractivity contribution < 1.29 is 9.21 Å². The van der Waals surface area contributed by atoms with Gasteiger partial charge >= 0.3 is 0 Å². The maximum Gasteiger partial charge on any atom is 0.255 e. The third-order valence-corrected chi connectivity index (χ3v) is 2.84. The number of benzene rings is 2. The number of aromatic nitrogens is 1. The minimum Gasteiger partial charge on any atom is -0.443 e. The Kier molecular flexibility index (Phi) is 2.90. The number of anilines is 1. The zero-order chi connectivity index (χ0) is 13.9. The van der Waals surface area contributed by atoms with E-state index in [4.69, 9.17) is 9.68 Å². The highest BCUT2D eigenvalue weighted by molar-refractivity contribution is 6.05. The van der Waals surface area contributed by atoms with Gasteiger partial charge in [-0.25, -0.2) is 4.98 Å². The highest BCUT2D eigenvalue weighted by atomic mass is 16.3. The van der Waals surface area contributed by atoms with Crippen LogP contribution in [0.2, 0.25) is 0 Å². The highest BCUT2D eigenvalue weighted by Crippen LogP contribution is 2.18. The van der Waals surface area contributed by atoms with Crippen molar-refractivity contribution in [2.24, 2.45) is 0 Å². The molecule has 3 rings (SSSR count). The standard InChI is InChI=1S/C15H9N3O2/c16-8-10-2-1-3-11(6-10)15(19)18-12-4-5-13-14(7-12)20-9-17-13/h1-7,9H,(H,18,19). The van der Waals surface area contributed by atoms with Gasteiger partial charge in [0, 0.05) is 17.3 Å². The second kappa shape index (κ2) is 4.86. The minimum atomic E-state index is -0.277. The lowest BCUT2D eigenvalue weighted by Gasteiger charge is -2.05. The van der Waals surface area contributed by atoms with E-state index in [1.54, 1.807) is 42.5 Å². The van der Waals surface area contributed by atoms with Crippen molar-refractivity contribution in [3.63, 3.8) is 0 Å². The van der Waals surface area contributed by atoms with Crippen LogP contribution in [0.25, 0.3) is 11.1 Å². The van der Waals surface area contributed by atoms with Gasteiger partial charge in [-0.2, -0.15) is 5.26 Å². The van der Waals surface area contributed by atoms with Crippen LogP contribution >= 0.6 is 0 Å². The Balaban J connectivity index is 1.86. The molecule has 96 valence electrons. The van der Waals surface area contributed by atoms with Crippen LogP contribution in [-0.4, -0.2) is 10.9 Å². The lowest BCUT2D eigenvalue weighted by atomic mass is 10.1. The summed E-state index contributed by atoms with van der Waals surface area (Å²) in [6, 6.07) is 13.7. The first kappa shape index (κ1) is 11.9. The highest BCUT2D eigenvalue weighted by Gasteiger charge is 2.08. The van der Waals surface area contributed by atoms with Gasteiger partial charge in [0.1, 0.15) is 5.52 Å². The quantitative estimate of drug-likeness (QED) is 0.770. The second-order valence-electron chi connectivity index (χ2n) is 4.18. The molecule has 5 heteroatoms. The molecular weight excluding hydrogens is 254 g/mol. The summed E-state index contributed by atoms with van der Waals surface area (Å²) in [7, 11) is 0. The molecule has 0 aliphatic carbocycles. The molecule has 0 bridgehead atoms. The molecule has 1 N–H and O–H groups in total. The van der Waals surface area contributed by atoms with Gasteiger partial charge in [0.15, 0.2) is 12.0 Å². The monoisotopic (exact) mass is 263 g/mol. The van der Waals surface area contributed by atoms with Gasteiger partial charge < -0.3 is 9.73 Å². The molecule has 0 aliphatic rings. The minimum absolute atomic E-state index is 0.277. The predicted molar refractivity (Wildman–Crippen MR) is 73.1 cm³/mol. The van der Waals surface area contributed by atoms with Crippen molar-refractivity contribution in [3.8, 4) is 6.07 Å². The van der Waals surface area contributed by atoms with E-state index in [1.165, 1.54) is 6.39 Å². The molecule has 0 fully saturated rings. The fraction of sp³-hybridized carbons (Fsp3) is 0. The van der Waals surface area contributed by atoms with E-state index in [1.807, 2.05) is 6.07 Å². The van der Waals surface area contributed by atoms with Gasteiger partial charge in [0.2, 0.25) is 0 Å². The largest absolute Gasteiger partial charge is 0.443 e. The molecule has 3 aromatic rings. The van der Waals surface area contributed by atoms with Gasteiger partial charge in [-0.15, -0.1) is 0 Å². The van der Waals surface area contributed by atoms with Crippen LogP contribution in [0.5, 0.6) is 0 Å². The summed E-state index contributed by atoms with van der Waals surface area (Å²) in [6.45, 7) is 0. The SMILES string of the molecule is N#Cc1cccc(C(=O)Nc2ccc3ncoc3c2)c1. The summed E-state index contributed by atoms with van der Waals surface area (Å²) in [5.74, 6) is -0.277. The van der Waals surface area contributed by atoms with Crippen LogP contribution in [0.4, 0.5) is 5.69 Å². The number of fused-ring (bicyclic) bond motifs is 1. The first-order valence-electron chi connectivity index (χ1n) is 5.91. The smallest absolute Gasteiger partial charge is 0.255 e. The summed E-state index contributed by atoms with van der Waals surface area (Å²) in [6.07, 6.45) is 1.35. The number of rotatable bonds is 2. The molecule has 1 amide bonds. The summed E-state index contributed by atoms with van der Waals surface area (Å²) in [5, 5.41) is 11.6. The Hall–Kier alpha value is -3.13. The Morgan fingerprint density at radius 2 is 2.15 bits per heavy atom. The molecule has 0 aliphatic heterocycles. The molecule has 0 atom stereocenters. The second-order valence-corrected chi connectivity index (χ2v) is 4.18. The summed E-state index contributed by atoms with van der Waals surface area (Å²) in [4.78, 5) is 16.1. The molecule has 1 aromatic heterocycles. The van der Waals surface area contributed by atoms with Crippen molar-refractivity contribution in [3.05, 3.63) is 60.0 Å². The van der Waals surface area contributed by atoms with Crippen molar-refractivity contribution in [1.82, 2.24) is 4.98 Å². The zero-order valence-corrected chi connectivity index (χ0v) is 10.3. The molecule has 0 unspecified atom stereocenters. The first-order chi connectivity index (χ1) is 9.76. The first-order valence-corrected chi connectivity index (χ1v) is 5.91. The topological polar surface area (TPSA) is 78.9 Å². The summed E-state index contributed by atoms with van der Waals surface area (Å²) < 4.78 is 5.18. The Bertz CT molecular complexity index is 830. The molecule has 2 aromatic carbocycles. The van der Waals surface area contributed by atoms with E-state index in [-0.39, 0.29) is 5.91 Å². The molecule has 0 spiro atoms. The number of nitrogens with one attached hydrogen (secondary N) is 1. The molecule has 5 nitrogen and oxygen atoms in total. The molecule has 0 radical (unpaired) electrons. The number of amides is 1. The van der Waals surface area contributed by atoms with Crippen molar-refractivity contribution in [1.29, 1.82) is 5.26 Å². The van der Waals surface area contributed by atoms with Gasteiger partial charge in [-0.1, -0.05) is 6.07 Å². The Labute approximate surface area is 114 Å². The van der Waals surface area contributed by atoms with E-state index < -0.39 is 0 Å². The zero-order valence-electron chi connectivity index (χ0n) is 10.3. The lowest BCUT2D eigenvalue weighted by molar-refractivity contribution is 0.102. The van der Waals surface area contributed by atoms with Gasteiger partial charge in [0.05, 0.1) is 11.6 Å². The van der Waals surface area contributed by atoms with Crippen molar-refractivity contribution in [2.75, 3.05) is 5.32 Å². The Morgan fingerprint density at radius 1 is 1.25 bits per heavy atom. The lowest BCUT2D eigenvalue weighted by Crippen LogP contribution is -2.11. The summed E-state index contributed by atoms with van der Waals surface area (Å²) in [5.41, 5.74) is 2.83. The molecular formula is C15H9N3O2. The normalized spacial score (nSPS) is 10.2. The van der Waals surface area contributed by atoms with Crippen molar-refractivity contribution in [2.45, 2.75) is 0 Å². The van der Waals surface area contributed by atoms with Gasteiger partial charge in [-0.3, -0.25) is 4.79 Å². The average Bonchev–Trinajstić information content (AvgIpc) is 2.95. The van der Waals surface area contributed by atoms with E-state index >= 15 is 0 Å². The van der Waals surface area contributed by atoms with E-state index in [0.29, 0.717) is 22.4 Å². The number of nitrogens with zero attached hydrogens (tertiary/aromatic N) is 2. The maximum absolute atomic E-state index is 12.1. The predicted octanol–water partition coefficient (Wildman–Crippen LogP) is 2.95. The van der Waals surface area contributed by atoms with Crippen LogP contribution in [0.3, 0.4) is 0 Å². The number of hydrogen-bond acceptors (Lipinski definition) is 4. The summed E-state index contributed by atoms with van der Waals surface area (Å²) >= 11 is 0. The molecule has 0 saturated heterocycles. The maximum atomic E-state index is 12.1. The fourth-order valence-electron chi connectivity index (χ4n) is 1.87. The van der Waals surface area contributed by atoms with E-state index in [0.717, 1.165) is 5.52 Å². The van der Waals surface area contributed by atoms with Crippen LogP contribution < -0.4 is 5.32 Å². The molecule has 20 heavy (non-hydrogen) atoms. The fourth-order valence-corrected chi connectivity index (χ4v) is 1.87. The molecule has 0 saturated carbocycles. The number of oxazole rings is 1. The third kappa shape index (κ3) is 2.22. The molecule has 1 heterocycles. The van der Waals surface area contributed by atoms with Crippen LogP contribution in [-0.2, 0) is 0 Å². The van der Waals surface area contributed by atoms with Gasteiger partial charge in [-0.05, 0) is 30.3 Å². The average molecular weight is 263 g/mol. The van der Waals surface area contributed by atoms with Gasteiger partial charge in [0.25, 0.3) is 5.91 Å². The van der Waals surface area contributed by atoms with Crippen LogP contribution in [0.1, 0.15) is 15.9 Å². The third-order valence-electron chi connectivity index (χ3n) is 2.84. The number of carbonyl (C=O) groups excluding carboxylic acids is 1. The van der Waals surface area contributed by atoms with Crippen molar-refractivity contribution >= 4 is 22.7 Å².